The summed E-state index contributed by atoms with van der Waals surface area (Å²) in [6, 6.07) is 8.68. The number of piperazine rings is 1. The first-order valence-electron chi connectivity index (χ1n) is 10.4. The second kappa shape index (κ2) is 9.35. The van der Waals surface area contributed by atoms with Gasteiger partial charge >= 0.3 is 0 Å². The van der Waals surface area contributed by atoms with Gasteiger partial charge in [-0.1, -0.05) is 12.1 Å². The van der Waals surface area contributed by atoms with Gasteiger partial charge in [-0.05, 0) is 49.8 Å². The van der Waals surface area contributed by atoms with Crippen LogP contribution in [-0.2, 0) is 25.9 Å². The maximum atomic E-state index is 9.60. The van der Waals surface area contributed by atoms with Gasteiger partial charge in [0.15, 0.2) is 0 Å². The van der Waals surface area contributed by atoms with Gasteiger partial charge in [0, 0.05) is 43.7 Å². The molecule has 1 aliphatic carbocycles. The fourth-order valence-corrected chi connectivity index (χ4v) is 5.60. The van der Waals surface area contributed by atoms with Crippen molar-refractivity contribution in [3.63, 3.8) is 0 Å². The van der Waals surface area contributed by atoms with Crippen molar-refractivity contribution in [2.45, 2.75) is 51.2 Å². The maximum absolute atomic E-state index is 9.60. The van der Waals surface area contributed by atoms with E-state index in [1.54, 1.807) is 7.11 Å². The van der Waals surface area contributed by atoms with Crippen LogP contribution in [0.15, 0.2) is 24.3 Å². The minimum Gasteiger partial charge on any atom is -0.497 e. The number of aryl methyl sites for hydroxylation is 2. The summed E-state index contributed by atoms with van der Waals surface area (Å²) in [6.07, 6.45) is 5.80. The number of rotatable bonds is 7. The third-order valence-electron chi connectivity index (χ3n) is 5.92. The Morgan fingerprint density at radius 2 is 2.11 bits per heavy atom. The lowest BCUT2D eigenvalue weighted by atomic mass is 10.0. The second-order valence-electron chi connectivity index (χ2n) is 7.91. The summed E-state index contributed by atoms with van der Waals surface area (Å²) in [5.41, 5.74) is 2.62. The average Bonchev–Trinajstić information content (AvgIpc) is 3.12. The number of hydrogen-bond donors (Lipinski definition) is 1. The van der Waals surface area contributed by atoms with E-state index >= 15 is 0 Å². The molecule has 0 spiro atoms. The van der Waals surface area contributed by atoms with Gasteiger partial charge in [0.2, 0.25) is 0 Å². The third-order valence-corrected chi connectivity index (χ3v) is 7.06. The van der Waals surface area contributed by atoms with E-state index in [0.717, 1.165) is 51.3 Å². The minimum atomic E-state index is 0.235. The number of aliphatic hydroxyl groups is 1. The SMILES string of the molecule is COc1cccc(CN2CCN(Cc3nc4c(s3)CCCC4)C[C@@H]2CCO)c1. The van der Waals surface area contributed by atoms with Crippen LogP contribution in [0.3, 0.4) is 0 Å². The fraction of sp³-hybridized carbons (Fsp3) is 0.591. The maximum Gasteiger partial charge on any atom is 0.119 e. The normalized spacial score (nSPS) is 20.9. The highest BCUT2D eigenvalue weighted by Crippen LogP contribution is 2.28. The molecule has 1 N–H and O–H groups in total. The van der Waals surface area contributed by atoms with E-state index in [9.17, 15) is 5.11 Å². The molecule has 0 bridgehead atoms. The highest BCUT2D eigenvalue weighted by molar-refractivity contribution is 7.11. The molecule has 2 aromatic rings. The van der Waals surface area contributed by atoms with Crippen molar-refractivity contribution in [1.82, 2.24) is 14.8 Å². The Bertz CT molecular complexity index is 755. The topological polar surface area (TPSA) is 48.8 Å². The summed E-state index contributed by atoms with van der Waals surface area (Å²) < 4.78 is 5.36. The molecule has 4 rings (SSSR count). The highest BCUT2D eigenvalue weighted by atomic mass is 32.1. The number of hydrogen-bond acceptors (Lipinski definition) is 6. The Morgan fingerprint density at radius 1 is 1.21 bits per heavy atom. The highest BCUT2D eigenvalue weighted by Gasteiger charge is 2.27. The molecule has 1 saturated heterocycles. The molecule has 2 heterocycles. The van der Waals surface area contributed by atoms with Crippen LogP contribution in [-0.4, -0.2) is 59.3 Å². The largest absolute Gasteiger partial charge is 0.497 e. The van der Waals surface area contributed by atoms with Crippen LogP contribution in [0, 0.1) is 0 Å². The lowest BCUT2D eigenvalue weighted by Crippen LogP contribution is -2.52. The molecule has 1 atom stereocenters. The molecular formula is C22H31N3O2S. The van der Waals surface area contributed by atoms with Gasteiger partial charge in [0.1, 0.15) is 10.8 Å². The van der Waals surface area contributed by atoms with E-state index < -0.39 is 0 Å². The van der Waals surface area contributed by atoms with E-state index in [1.165, 1.54) is 40.4 Å². The van der Waals surface area contributed by atoms with Crippen molar-refractivity contribution in [1.29, 1.82) is 0 Å². The average molecular weight is 402 g/mol. The van der Waals surface area contributed by atoms with Gasteiger partial charge < -0.3 is 9.84 Å². The van der Waals surface area contributed by atoms with Crippen molar-refractivity contribution >= 4 is 11.3 Å². The number of ether oxygens (including phenoxy) is 1. The van der Waals surface area contributed by atoms with E-state index in [-0.39, 0.29) is 6.61 Å². The van der Waals surface area contributed by atoms with Gasteiger partial charge in [-0.2, -0.15) is 0 Å². The van der Waals surface area contributed by atoms with Crippen molar-refractivity contribution in [2.75, 3.05) is 33.4 Å². The number of benzene rings is 1. The third kappa shape index (κ3) is 4.74. The zero-order chi connectivity index (χ0) is 19.3. The first-order chi connectivity index (χ1) is 13.7. The Hall–Kier alpha value is -1.47. The molecule has 28 heavy (non-hydrogen) atoms. The molecule has 152 valence electrons. The van der Waals surface area contributed by atoms with Gasteiger partial charge in [-0.3, -0.25) is 9.80 Å². The van der Waals surface area contributed by atoms with E-state index in [1.807, 2.05) is 17.4 Å². The summed E-state index contributed by atoms with van der Waals surface area (Å²) in [5, 5.41) is 10.9. The van der Waals surface area contributed by atoms with Gasteiger partial charge in [-0.25, -0.2) is 4.98 Å². The van der Waals surface area contributed by atoms with Gasteiger partial charge in [0.05, 0.1) is 19.3 Å². The number of aromatic nitrogens is 1. The van der Waals surface area contributed by atoms with Crippen LogP contribution in [0.1, 0.15) is 40.4 Å². The number of fused-ring (bicyclic) bond motifs is 1. The predicted octanol–water partition coefficient (Wildman–Crippen LogP) is 3.10. The first kappa shape index (κ1) is 19.8. The molecule has 1 aromatic heterocycles. The molecule has 6 heteroatoms. The molecule has 2 aliphatic rings. The Morgan fingerprint density at radius 3 is 2.93 bits per heavy atom. The Kier molecular flexibility index (Phi) is 6.62. The smallest absolute Gasteiger partial charge is 0.119 e. The van der Waals surface area contributed by atoms with Crippen LogP contribution in [0.25, 0.3) is 0 Å². The van der Waals surface area contributed by atoms with Crippen LogP contribution < -0.4 is 4.74 Å². The van der Waals surface area contributed by atoms with Gasteiger partial charge in [-0.15, -0.1) is 11.3 Å². The van der Waals surface area contributed by atoms with Crippen LogP contribution in [0.5, 0.6) is 5.75 Å². The number of methoxy groups -OCH3 is 1. The zero-order valence-electron chi connectivity index (χ0n) is 16.8. The van der Waals surface area contributed by atoms with Crippen LogP contribution >= 0.6 is 11.3 Å². The van der Waals surface area contributed by atoms with Crippen LogP contribution in [0.2, 0.25) is 0 Å². The van der Waals surface area contributed by atoms with Crippen molar-refractivity contribution < 1.29 is 9.84 Å². The molecule has 0 amide bonds. The van der Waals surface area contributed by atoms with Crippen molar-refractivity contribution in [3.05, 3.63) is 45.4 Å². The van der Waals surface area contributed by atoms with Gasteiger partial charge in [0.25, 0.3) is 0 Å². The Labute approximate surface area is 172 Å². The molecule has 5 nitrogen and oxygen atoms in total. The predicted molar refractivity (Wildman–Crippen MR) is 113 cm³/mol. The molecule has 1 aliphatic heterocycles. The lowest BCUT2D eigenvalue weighted by molar-refractivity contribution is 0.0499. The number of aliphatic hydroxyl groups excluding tert-OH is 1. The fourth-order valence-electron chi connectivity index (χ4n) is 4.40. The molecule has 0 unspecified atom stereocenters. The Balaban J connectivity index is 1.39. The van der Waals surface area contributed by atoms with Crippen molar-refractivity contribution in [3.8, 4) is 5.75 Å². The van der Waals surface area contributed by atoms with Crippen LogP contribution in [0.4, 0.5) is 0 Å². The lowest BCUT2D eigenvalue weighted by Gasteiger charge is -2.41. The van der Waals surface area contributed by atoms with E-state index in [0.29, 0.717) is 6.04 Å². The number of nitrogens with zero attached hydrogens (tertiary/aromatic N) is 3. The standard InChI is InChI=1S/C22H31N3O2S/c1-27-19-6-4-5-17(13-19)14-25-11-10-24(15-18(25)9-12-26)16-22-23-20-7-2-3-8-21(20)28-22/h4-6,13,18,26H,2-3,7-12,14-16H2,1H3/t18-/m0/s1. The molecule has 0 saturated carbocycles. The van der Waals surface area contributed by atoms with E-state index in [2.05, 4.69) is 28.0 Å². The summed E-state index contributed by atoms with van der Waals surface area (Å²) in [7, 11) is 1.71. The quantitative estimate of drug-likeness (QED) is 0.773. The second-order valence-corrected chi connectivity index (χ2v) is 9.08. The summed E-state index contributed by atoms with van der Waals surface area (Å²) in [4.78, 5) is 11.5. The molecular weight excluding hydrogens is 370 g/mol. The van der Waals surface area contributed by atoms with E-state index in [4.69, 9.17) is 9.72 Å². The summed E-state index contributed by atoms with van der Waals surface area (Å²) >= 11 is 1.92. The first-order valence-corrected chi connectivity index (χ1v) is 11.2. The minimum absolute atomic E-state index is 0.235. The monoisotopic (exact) mass is 401 g/mol. The summed E-state index contributed by atoms with van der Waals surface area (Å²) in [6.45, 7) is 5.16. The molecule has 1 aromatic carbocycles. The zero-order valence-corrected chi connectivity index (χ0v) is 17.6. The molecule has 1 fully saturated rings. The summed E-state index contributed by atoms with van der Waals surface area (Å²) in [5.74, 6) is 0.905. The van der Waals surface area contributed by atoms with Crippen molar-refractivity contribution in [2.24, 2.45) is 0 Å². The number of thiazole rings is 1. The molecule has 0 radical (unpaired) electrons.